The summed E-state index contributed by atoms with van der Waals surface area (Å²) >= 11 is 0. The van der Waals surface area contributed by atoms with Gasteiger partial charge in [-0.25, -0.2) is 0 Å². The maximum absolute atomic E-state index is 12.7. The lowest BCUT2D eigenvalue weighted by atomic mass is 10.1. The standard InChI is InChI=1S/C16H29N3O2/c1-4-7-19(11-13-5-6-13)16(21)14-10-15(20)18(12-14)9-8-17(2)3/h13-14H,4-12H2,1-3H3. The van der Waals surface area contributed by atoms with Gasteiger partial charge in [0.1, 0.15) is 0 Å². The van der Waals surface area contributed by atoms with Gasteiger partial charge in [0.15, 0.2) is 0 Å². The average molecular weight is 295 g/mol. The molecule has 0 aromatic carbocycles. The van der Waals surface area contributed by atoms with E-state index in [9.17, 15) is 9.59 Å². The molecule has 0 N–H and O–H groups in total. The fourth-order valence-corrected chi connectivity index (χ4v) is 2.91. The molecule has 1 aliphatic carbocycles. The lowest BCUT2D eigenvalue weighted by Gasteiger charge is -2.25. The Kier molecular flexibility index (Phi) is 5.62. The highest BCUT2D eigenvalue weighted by atomic mass is 16.2. The summed E-state index contributed by atoms with van der Waals surface area (Å²) in [6.45, 7) is 6.03. The minimum Gasteiger partial charge on any atom is -0.342 e. The molecule has 0 bridgehead atoms. The van der Waals surface area contributed by atoms with Crippen LogP contribution >= 0.6 is 0 Å². The molecule has 120 valence electrons. The van der Waals surface area contributed by atoms with E-state index in [4.69, 9.17) is 0 Å². The van der Waals surface area contributed by atoms with Crippen LogP contribution in [0.1, 0.15) is 32.6 Å². The van der Waals surface area contributed by atoms with Crippen LogP contribution in [0.2, 0.25) is 0 Å². The Labute approximate surface area is 128 Å². The van der Waals surface area contributed by atoms with E-state index >= 15 is 0 Å². The topological polar surface area (TPSA) is 43.9 Å². The van der Waals surface area contributed by atoms with E-state index in [0.717, 1.165) is 32.6 Å². The SMILES string of the molecule is CCCN(CC1CC1)C(=O)C1CC(=O)N(CCN(C)C)C1. The Bertz CT molecular complexity index is 380. The molecule has 0 aromatic rings. The summed E-state index contributed by atoms with van der Waals surface area (Å²) in [4.78, 5) is 30.6. The van der Waals surface area contributed by atoms with Gasteiger partial charge in [0.2, 0.25) is 11.8 Å². The molecule has 2 aliphatic rings. The van der Waals surface area contributed by atoms with Crippen molar-refractivity contribution in [2.24, 2.45) is 11.8 Å². The van der Waals surface area contributed by atoms with Crippen molar-refractivity contribution in [3.63, 3.8) is 0 Å². The van der Waals surface area contributed by atoms with E-state index in [-0.39, 0.29) is 17.7 Å². The number of rotatable bonds is 8. The molecule has 1 aliphatic heterocycles. The third-order valence-corrected chi connectivity index (χ3v) is 4.36. The van der Waals surface area contributed by atoms with E-state index in [2.05, 4.69) is 11.8 Å². The third-order valence-electron chi connectivity index (χ3n) is 4.36. The van der Waals surface area contributed by atoms with E-state index in [1.54, 1.807) is 0 Å². The van der Waals surface area contributed by atoms with Crippen molar-refractivity contribution >= 4 is 11.8 Å². The van der Waals surface area contributed by atoms with Crippen molar-refractivity contribution in [3.05, 3.63) is 0 Å². The first-order valence-electron chi connectivity index (χ1n) is 8.22. The molecule has 5 nitrogen and oxygen atoms in total. The van der Waals surface area contributed by atoms with Crippen molar-refractivity contribution in [3.8, 4) is 0 Å². The van der Waals surface area contributed by atoms with Crippen molar-refractivity contribution in [2.75, 3.05) is 46.8 Å². The molecule has 2 amide bonds. The van der Waals surface area contributed by atoms with Crippen LogP contribution in [-0.4, -0.2) is 73.3 Å². The minimum absolute atomic E-state index is 0.120. The molecular weight excluding hydrogens is 266 g/mol. The predicted molar refractivity (Wildman–Crippen MR) is 82.8 cm³/mol. The highest BCUT2D eigenvalue weighted by Crippen LogP contribution is 2.31. The van der Waals surface area contributed by atoms with Gasteiger partial charge in [0.05, 0.1) is 5.92 Å². The second kappa shape index (κ2) is 7.25. The van der Waals surface area contributed by atoms with Crippen molar-refractivity contribution in [2.45, 2.75) is 32.6 Å². The molecular formula is C16H29N3O2. The van der Waals surface area contributed by atoms with Crippen molar-refractivity contribution < 1.29 is 9.59 Å². The van der Waals surface area contributed by atoms with Gasteiger partial charge in [-0.3, -0.25) is 9.59 Å². The van der Waals surface area contributed by atoms with Crippen molar-refractivity contribution in [1.82, 2.24) is 14.7 Å². The summed E-state index contributed by atoms with van der Waals surface area (Å²) in [5, 5.41) is 0. The molecule has 1 saturated carbocycles. The Hall–Kier alpha value is -1.10. The minimum atomic E-state index is -0.120. The normalized spacial score (nSPS) is 22.2. The second-order valence-electron chi connectivity index (χ2n) is 6.77. The maximum atomic E-state index is 12.7. The molecule has 1 unspecified atom stereocenters. The number of amides is 2. The van der Waals surface area contributed by atoms with Crippen LogP contribution in [0.5, 0.6) is 0 Å². The zero-order valence-corrected chi connectivity index (χ0v) is 13.7. The molecule has 1 saturated heterocycles. The van der Waals surface area contributed by atoms with Gasteiger partial charge in [0, 0.05) is 39.1 Å². The first-order chi connectivity index (χ1) is 10.0. The highest BCUT2D eigenvalue weighted by Gasteiger charge is 2.37. The van der Waals surface area contributed by atoms with Gasteiger partial charge >= 0.3 is 0 Å². The fraction of sp³-hybridized carbons (Fsp3) is 0.875. The molecule has 5 heteroatoms. The van der Waals surface area contributed by atoms with Crippen LogP contribution in [0.4, 0.5) is 0 Å². The third kappa shape index (κ3) is 4.70. The average Bonchev–Trinajstić information content (AvgIpc) is 3.17. The van der Waals surface area contributed by atoms with E-state index in [1.807, 2.05) is 23.9 Å². The van der Waals surface area contributed by atoms with Gasteiger partial charge in [-0.1, -0.05) is 6.92 Å². The number of likely N-dealkylation sites (tertiary alicyclic amines) is 1. The number of likely N-dealkylation sites (N-methyl/N-ethyl adjacent to an activating group) is 1. The second-order valence-corrected chi connectivity index (χ2v) is 6.77. The Morgan fingerprint density at radius 1 is 1.29 bits per heavy atom. The summed E-state index contributed by atoms with van der Waals surface area (Å²) < 4.78 is 0. The van der Waals surface area contributed by atoms with Gasteiger partial charge in [-0.2, -0.15) is 0 Å². The summed E-state index contributed by atoms with van der Waals surface area (Å²) in [6, 6.07) is 0. The molecule has 0 spiro atoms. The Morgan fingerprint density at radius 2 is 2.00 bits per heavy atom. The zero-order valence-electron chi connectivity index (χ0n) is 13.7. The lowest BCUT2D eigenvalue weighted by molar-refractivity contribution is -0.136. The van der Waals surface area contributed by atoms with Gasteiger partial charge in [-0.15, -0.1) is 0 Å². The predicted octanol–water partition coefficient (Wildman–Crippen LogP) is 1.05. The first-order valence-corrected chi connectivity index (χ1v) is 8.22. The van der Waals surface area contributed by atoms with Crippen LogP contribution in [-0.2, 0) is 9.59 Å². The van der Waals surface area contributed by atoms with Gasteiger partial charge < -0.3 is 14.7 Å². The zero-order chi connectivity index (χ0) is 15.4. The summed E-state index contributed by atoms with van der Waals surface area (Å²) in [5.74, 6) is 0.926. The van der Waals surface area contributed by atoms with Crippen LogP contribution < -0.4 is 0 Å². The van der Waals surface area contributed by atoms with E-state index in [1.165, 1.54) is 12.8 Å². The smallest absolute Gasteiger partial charge is 0.228 e. The van der Waals surface area contributed by atoms with Crippen LogP contribution in [0.15, 0.2) is 0 Å². The first kappa shape index (κ1) is 16.3. The highest BCUT2D eigenvalue weighted by molar-refractivity contribution is 5.89. The monoisotopic (exact) mass is 295 g/mol. The molecule has 2 fully saturated rings. The molecule has 2 rings (SSSR count). The lowest BCUT2D eigenvalue weighted by Crippen LogP contribution is -2.39. The summed E-state index contributed by atoms with van der Waals surface area (Å²) in [7, 11) is 4.00. The summed E-state index contributed by atoms with van der Waals surface area (Å²) in [6.07, 6.45) is 3.90. The maximum Gasteiger partial charge on any atom is 0.228 e. The number of hydrogen-bond acceptors (Lipinski definition) is 3. The molecule has 0 radical (unpaired) electrons. The van der Waals surface area contributed by atoms with Gasteiger partial charge in [0.25, 0.3) is 0 Å². The number of nitrogens with zero attached hydrogens (tertiary/aromatic N) is 3. The van der Waals surface area contributed by atoms with E-state index in [0.29, 0.717) is 18.9 Å². The largest absolute Gasteiger partial charge is 0.342 e. The quantitative estimate of drug-likeness (QED) is 0.672. The van der Waals surface area contributed by atoms with Crippen LogP contribution in [0.3, 0.4) is 0 Å². The van der Waals surface area contributed by atoms with Crippen LogP contribution in [0.25, 0.3) is 0 Å². The molecule has 0 aromatic heterocycles. The molecule has 21 heavy (non-hydrogen) atoms. The summed E-state index contributed by atoms with van der Waals surface area (Å²) in [5.41, 5.74) is 0. The van der Waals surface area contributed by atoms with Crippen molar-refractivity contribution in [1.29, 1.82) is 0 Å². The number of hydrogen-bond donors (Lipinski definition) is 0. The Balaban J connectivity index is 1.87. The number of carbonyl (C=O) groups excluding carboxylic acids is 2. The van der Waals surface area contributed by atoms with E-state index < -0.39 is 0 Å². The molecule has 1 heterocycles. The van der Waals surface area contributed by atoms with Gasteiger partial charge in [-0.05, 0) is 39.3 Å². The number of carbonyl (C=O) groups is 2. The van der Waals surface area contributed by atoms with Crippen LogP contribution in [0, 0.1) is 11.8 Å². The Morgan fingerprint density at radius 3 is 2.57 bits per heavy atom. The molecule has 1 atom stereocenters. The fourth-order valence-electron chi connectivity index (χ4n) is 2.91.